The van der Waals surface area contributed by atoms with Gasteiger partial charge in [-0.05, 0) is 12.1 Å². The molecule has 0 amide bonds. The van der Waals surface area contributed by atoms with Crippen molar-refractivity contribution >= 4 is 17.0 Å². The second-order valence-corrected chi connectivity index (χ2v) is 4.70. The van der Waals surface area contributed by atoms with Crippen LogP contribution in [0.15, 0.2) is 30.9 Å². The van der Waals surface area contributed by atoms with Crippen molar-refractivity contribution in [1.29, 1.82) is 0 Å². The van der Waals surface area contributed by atoms with Gasteiger partial charge in [0.2, 0.25) is 5.88 Å². The van der Waals surface area contributed by atoms with E-state index >= 15 is 0 Å². The minimum absolute atomic E-state index is 0.0175. The molecule has 0 atom stereocenters. The van der Waals surface area contributed by atoms with Crippen molar-refractivity contribution in [2.45, 2.75) is 6.18 Å². The molecule has 7 nitrogen and oxygen atoms in total. The van der Waals surface area contributed by atoms with Gasteiger partial charge in [0.05, 0.1) is 23.6 Å². The van der Waals surface area contributed by atoms with E-state index in [4.69, 9.17) is 9.84 Å². The Morgan fingerprint density at radius 3 is 2.67 bits per heavy atom. The van der Waals surface area contributed by atoms with Gasteiger partial charge >= 0.3 is 12.1 Å². The van der Waals surface area contributed by atoms with Crippen LogP contribution in [0.5, 0.6) is 5.88 Å². The van der Waals surface area contributed by atoms with E-state index in [-0.39, 0.29) is 28.3 Å². The lowest BCUT2D eigenvalue weighted by atomic mass is 10.2. The zero-order valence-corrected chi connectivity index (χ0v) is 12.1. The maximum atomic E-state index is 13.3. The highest BCUT2D eigenvalue weighted by Crippen LogP contribution is 2.39. The summed E-state index contributed by atoms with van der Waals surface area (Å²) in [6, 6.07) is 2.38. The fourth-order valence-corrected chi connectivity index (χ4v) is 2.26. The summed E-state index contributed by atoms with van der Waals surface area (Å²) in [6.07, 6.45) is -1.64. The number of nitrogens with zero attached hydrogens (tertiary/aromatic N) is 4. The number of carboxylic acids is 1. The number of carboxylic acid groups (broad SMARTS) is 1. The van der Waals surface area contributed by atoms with Crippen LogP contribution >= 0.6 is 0 Å². The van der Waals surface area contributed by atoms with Gasteiger partial charge in [-0.25, -0.2) is 19.7 Å². The number of aromatic nitrogens is 4. The molecule has 10 heteroatoms. The molecule has 1 N–H and O–H groups in total. The summed E-state index contributed by atoms with van der Waals surface area (Å²) in [4.78, 5) is 22.5. The molecule has 0 aliphatic carbocycles. The van der Waals surface area contributed by atoms with Gasteiger partial charge < -0.3 is 9.84 Å². The Morgan fingerprint density at radius 2 is 2.04 bits per heavy atom. The molecule has 0 radical (unpaired) electrons. The Bertz CT molecular complexity index is 937. The van der Waals surface area contributed by atoms with Crippen LogP contribution in [0, 0.1) is 0 Å². The molecule has 0 bridgehead atoms. The second-order valence-electron chi connectivity index (χ2n) is 4.70. The van der Waals surface area contributed by atoms with Crippen LogP contribution in [0.25, 0.3) is 16.9 Å². The SMILES string of the molecule is COc1ncnc2c1c(C(F)(F)F)cn2-c1cc(C(=O)O)ccn1. The first kappa shape index (κ1) is 15.7. The predicted molar refractivity (Wildman–Crippen MR) is 75.2 cm³/mol. The number of rotatable bonds is 3. The van der Waals surface area contributed by atoms with Gasteiger partial charge in [0, 0.05) is 12.4 Å². The zero-order chi connectivity index (χ0) is 17.5. The average Bonchev–Trinajstić information content (AvgIpc) is 2.94. The quantitative estimate of drug-likeness (QED) is 0.789. The Kier molecular flexibility index (Phi) is 3.59. The number of aromatic carboxylic acids is 1. The number of carbonyl (C=O) groups is 1. The van der Waals surface area contributed by atoms with E-state index in [1.165, 1.54) is 19.4 Å². The molecule has 24 heavy (non-hydrogen) atoms. The highest BCUT2D eigenvalue weighted by Gasteiger charge is 2.37. The zero-order valence-electron chi connectivity index (χ0n) is 12.1. The van der Waals surface area contributed by atoms with Gasteiger partial charge in [0.1, 0.15) is 12.1 Å². The van der Waals surface area contributed by atoms with Gasteiger partial charge in [-0.15, -0.1) is 0 Å². The Balaban J connectivity index is 2.34. The van der Waals surface area contributed by atoms with Crippen molar-refractivity contribution in [3.05, 3.63) is 42.0 Å². The summed E-state index contributed by atoms with van der Waals surface area (Å²) >= 11 is 0. The summed E-state index contributed by atoms with van der Waals surface area (Å²) in [6.45, 7) is 0. The number of halogens is 3. The summed E-state index contributed by atoms with van der Waals surface area (Å²) in [5.41, 5.74) is -1.21. The topological polar surface area (TPSA) is 90.1 Å². The van der Waals surface area contributed by atoms with Crippen LogP contribution in [-0.2, 0) is 6.18 Å². The number of methoxy groups -OCH3 is 1. The normalized spacial score (nSPS) is 11.7. The van der Waals surface area contributed by atoms with E-state index in [9.17, 15) is 18.0 Å². The number of pyridine rings is 1. The Morgan fingerprint density at radius 1 is 1.29 bits per heavy atom. The number of ether oxygens (including phenoxy) is 1. The summed E-state index contributed by atoms with van der Waals surface area (Å²) in [7, 11) is 1.20. The maximum absolute atomic E-state index is 13.3. The molecule has 0 aliphatic rings. The highest BCUT2D eigenvalue weighted by molar-refractivity contribution is 5.89. The molecule has 124 valence electrons. The van der Waals surface area contributed by atoms with Crippen molar-refractivity contribution < 1.29 is 27.8 Å². The van der Waals surface area contributed by atoms with Crippen molar-refractivity contribution in [2.24, 2.45) is 0 Å². The van der Waals surface area contributed by atoms with Gasteiger partial charge in [0.25, 0.3) is 0 Å². The van der Waals surface area contributed by atoms with E-state index < -0.39 is 17.7 Å². The third-order valence-electron chi connectivity index (χ3n) is 3.29. The molecule has 3 heterocycles. The van der Waals surface area contributed by atoms with Crippen molar-refractivity contribution in [3.8, 4) is 11.7 Å². The molecule has 0 fully saturated rings. The lowest BCUT2D eigenvalue weighted by molar-refractivity contribution is -0.136. The fraction of sp³-hybridized carbons (Fsp3) is 0.143. The number of fused-ring (bicyclic) bond motifs is 1. The molecule has 0 saturated carbocycles. The van der Waals surface area contributed by atoms with Crippen LogP contribution in [0.1, 0.15) is 15.9 Å². The van der Waals surface area contributed by atoms with Crippen molar-refractivity contribution in [1.82, 2.24) is 19.5 Å². The standard InChI is InChI=1S/C14H9F3N4O3/c1-24-12-10-8(14(15,16)17)5-21(11(10)19-6-20-12)9-4-7(13(22)23)2-3-18-9/h2-6H,1H3,(H,22,23). The maximum Gasteiger partial charge on any atom is 0.418 e. The fourth-order valence-electron chi connectivity index (χ4n) is 2.26. The summed E-state index contributed by atoms with van der Waals surface area (Å²) in [5.74, 6) is -1.48. The van der Waals surface area contributed by atoms with Gasteiger partial charge in [-0.1, -0.05) is 0 Å². The molecule has 0 aromatic carbocycles. The third kappa shape index (κ3) is 2.51. The minimum Gasteiger partial charge on any atom is -0.480 e. The van der Waals surface area contributed by atoms with E-state index in [2.05, 4.69) is 15.0 Å². The number of hydrogen-bond acceptors (Lipinski definition) is 5. The molecule has 3 aromatic heterocycles. The molecular weight excluding hydrogens is 329 g/mol. The van der Waals surface area contributed by atoms with Crippen molar-refractivity contribution in [2.75, 3.05) is 7.11 Å². The van der Waals surface area contributed by atoms with Gasteiger partial charge in [0.15, 0.2) is 5.65 Å². The molecule has 0 spiro atoms. The van der Waals surface area contributed by atoms with Crippen LogP contribution in [0.3, 0.4) is 0 Å². The monoisotopic (exact) mass is 338 g/mol. The van der Waals surface area contributed by atoms with Gasteiger partial charge in [-0.2, -0.15) is 13.2 Å². The minimum atomic E-state index is -4.67. The number of alkyl halides is 3. The Labute approximate surface area is 132 Å². The third-order valence-corrected chi connectivity index (χ3v) is 3.29. The van der Waals surface area contributed by atoms with E-state index in [0.717, 1.165) is 23.2 Å². The van der Waals surface area contributed by atoms with Crippen LogP contribution in [0.4, 0.5) is 13.2 Å². The summed E-state index contributed by atoms with van der Waals surface area (Å²) < 4.78 is 45.9. The van der Waals surface area contributed by atoms with E-state index in [1.807, 2.05) is 0 Å². The molecule has 0 aliphatic heterocycles. The second kappa shape index (κ2) is 5.48. The molecule has 3 aromatic rings. The number of hydrogen-bond donors (Lipinski definition) is 1. The van der Waals surface area contributed by atoms with Crippen LogP contribution in [-0.4, -0.2) is 37.7 Å². The molecular formula is C14H9F3N4O3. The van der Waals surface area contributed by atoms with Gasteiger partial charge in [-0.3, -0.25) is 4.57 Å². The van der Waals surface area contributed by atoms with E-state index in [1.54, 1.807) is 0 Å². The average molecular weight is 338 g/mol. The van der Waals surface area contributed by atoms with Crippen LogP contribution in [0.2, 0.25) is 0 Å². The highest BCUT2D eigenvalue weighted by atomic mass is 19.4. The Hall–Kier alpha value is -3.17. The van der Waals surface area contributed by atoms with E-state index in [0.29, 0.717) is 0 Å². The van der Waals surface area contributed by atoms with Crippen LogP contribution < -0.4 is 4.74 Å². The molecule has 3 rings (SSSR count). The smallest absolute Gasteiger partial charge is 0.418 e. The lowest BCUT2D eigenvalue weighted by Gasteiger charge is -2.06. The first-order chi connectivity index (χ1) is 11.3. The first-order valence-corrected chi connectivity index (χ1v) is 6.50. The summed E-state index contributed by atoms with van der Waals surface area (Å²) in [5, 5.41) is 8.70. The first-order valence-electron chi connectivity index (χ1n) is 6.50. The van der Waals surface area contributed by atoms with Crippen molar-refractivity contribution in [3.63, 3.8) is 0 Å². The predicted octanol–water partition coefficient (Wildman–Crippen LogP) is 2.54. The molecule has 0 unspecified atom stereocenters. The lowest BCUT2D eigenvalue weighted by Crippen LogP contribution is -2.05. The largest absolute Gasteiger partial charge is 0.480 e. The molecule has 0 saturated heterocycles.